The van der Waals surface area contributed by atoms with Crippen molar-refractivity contribution in [2.75, 3.05) is 5.73 Å². The molecule has 2 aromatic carbocycles. The summed E-state index contributed by atoms with van der Waals surface area (Å²) in [5.41, 5.74) is 7.95. The summed E-state index contributed by atoms with van der Waals surface area (Å²) < 4.78 is 15.7. The molecular weight excluding hydrogens is 431 g/mol. The zero-order chi connectivity index (χ0) is 22.7. The molecule has 0 saturated carbocycles. The number of aryl methyl sites for hydroxylation is 1. The quantitative estimate of drug-likeness (QED) is 0.415. The third-order valence-corrected chi connectivity index (χ3v) is 5.13. The first-order chi connectivity index (χ1) is 15.5. The highest BCUT2D eigenvalue weighted by atomic mass is 35.5. The Hall–Kier alpha value is -3.78. The van der Waals surface area contributed by atoms with Crippen molar-refractivity contribution in [1.29, 1.82) is 0 Å². The minimum absolute atomic E-state index is 0.113. The van der Waals surface area contributed by atoms with Crippen molar-refractivity contribution in [3.8, 4) is 5.69 Å². The van der Waals surface area contributed by atoms with Gasteiger partial charge in [-0.3, -0.25) is 9.36 Å². The predicted octanol–water partition coefficient (Wildman–Crippen LogP) is 4.67. The van der Waals surface area contributed by atoms with E-state index >= 15 is 0 Å². The Balaban J connectivity index is 0.000000203. The number of aromatic amines is 1. The number of imidazole rings is 1. The first kappa shape index (κ1) is 21.5. The highest BCUT2D eigenvalue weighted by molar-refractivity contribution is 6.30. The molecule has 162 valence electrons. The lowest BCUT2D eigenvalue weighted by atomic mass is 10.1. The number of hydrogen-bond acceptors (Lipinski definition) is 5. The van der Waals surface area contributed by atoms with Gasteiger partial charge in [-0.1, -0.05) is 43.1 Å². The van der Waals surface area contributed by atoms with Crippen LogP contribution in [0, 0.1) is 5.82 Å². The molecule has 0 atom stereocenters. The highest BCUT2D eigenvalue weighted by Gasteiger charge is 2.13. The second-order valence-electron chi connectivity index (χ2n) is 7.07. The third-order valence-electron chi connectivity index (χ3n) is 4.90. The number of halogens is 2. The number of pyridine rings is 1. The van der Waals surface area contributed by atoms with Crippen LogP contribution in [0.15, 0.2) is 66.0 Å². The number of nitrogens with one attached hydrogen (secondary N) is 1. The van der Waals surface area contributed by atoms with Crippen molar-refractivity contribution in [3.05, 3.63) is 88.1 Å². The lowest BCUT2D eigenvalue weighted by Crippen LogP contribution is -2.23. The molecule has 3 aromatic heterocycles. The summed E-state index contributed by atoms with van der Waals surface area (Å²) in [5, 5.41) is 1.29. The van der Waals surface area contributed by atoms with Crippen molar-refractivity contribution < 1.29 is 4.39 Å². The Morgan fingerprint density at radius 1 is 1.12 bits per heavy atom. The van der Waals surface area contributed by atoms with Gasteiger partial charge in [-0.25, -0.2) is 19.3 Å². The molecule has 0 radical (unpaired) electrons. The molecule has 0 aliphatic heterocycles. The predicted molar refractivity (Wildman–Crippen MR) is 125 cm³/mol. The van der Waals surface area contributed by atoms with E-state index in [4.69, 9.17) is 17.3 Å². The van der Waals surface area contributed by atoms with Crippen LogP contribution in [-0.2, 0) is 6.42 Å². The Morgan fingerprint density at radius 3 is 2.69 bits per heavy atom. The van der Waals surface area contributed by atoms with E-state index in [-0.39, 0.29) is 10.9 Å². The molecule has 5 aromatic rings. The van der Waals surface area contributed by atoms with Gasteiger partial charge in [0.1, 0.15) is 17.7 Å². The molecule has 9 heteroatoms. The maximum Gasteiger partial charge on any atom is 0.266 e. The van der Waals surface area contributed by atoms with E-state index in [2.05, 4.69) is 19.9 Å². The minimum atomic E-state index is -0.499. The van der Waals surface area contributed by atoms with Crippen LogP contribution < -0.4 is 11.3 Å². The van der Waals surface area contributed by atoms with Crippen molar-refractivity contribution in [3.63, 3.8) is 0 Å². The Labute approximate surface area is 187 Å². The first-order valence-electron chi connectivity index (χ1n) is 9.98. The third kappa shape index (κ3) is 4.17. The normalized spacial score (nSPS) is 10.8. The number of anilines is 1. The van der Waals surface area contributed by atoms with E-state index in [1.165, 1.54) is 18.7 Å². The summed E-state index contributed by atoms with van der Waals surface area (Å²) in [4.78, 5) is 27.2. The Bertz CT molecular complexity index is 1460. The van der Waals surface area contributed by atoms with Gasteiger partial charge in [0.2, 0.25) is 0 Å². The summed E-state index contributed by atoms with van der Waals surface area (Å²) >= 11 is 6.04. The zero-order valence-electron chi connectivity index (χ0n) is 17.2. The van der Waals surface area contributed by atoms with Gasteiger partial charge in [0.25, 0.3) is 5.56 Å². The van der Waals surface area contributed by atoms with E-state index in [1.54, 1.807) is 41.0 Å². The minimum Gasteiger partial charge on any atom is -0.382 e. The average Bonchev–Trinajstić information content (AvgIpc) is 3.25. The zero-order valence-corrected chi connectivity index (χ0v) is 18.0. The Kier molecular flexibility index (Phi) is 6.13. The fourth-order valence-corrected chi connectivity index (χ4v) is 3.68. The average molecular weight is 451 g/mol. The number of rotatable bonds is 3. The molecule has 5 rings (SSSR count). The molecule has 0 amide bonds. The van der Waals surface area contributed by atoms with E-state index in [0.717, 1.165) is 18.5 Å². The van der Waals surface area contributed by atoms with E-state index in [0.29, 0.717) is 33.1 Å². The van der Waals surface area contributed by atoms with Gasteiger partial charge in [0, 0.05) is 10.7 Å². The van der Waals surface area contributed by atoms with Crippen LogP contribution in [0.1, 0.15) is 19.0 Å². The van der Waals surface area contributed by atoms with Crippen molar-refractivity contribution in [1.82, 2.24) is 24.5 Å². The van der Waals surface area contributed by atoms with Crippen molar-refractivity contribution in [2.45, 2.75) is 19.8 Å². The molecule has 0 aliphatic rings. The van der Waals surface area contributed by atoms with Crippen LogP contribution in [-0.4, -0.2) is 24.5 Å². The highest BCUT2D eigenvalue weighted by Crippen LogP contribution is 2.21. The van der Waals surface area contributed by atoms with Crippen LogP contribution in [0.25, 0.3) is 27.6 Å². The lowest BCUT2D eigenvalue weighted by molar-refractivity contribution is 0.637. The maximum atomic E-state index is 14.1. The van der Waals surface area contributed by atoms with Gasteiger partial charge >= 0.3 is 0 Å². The monoisotopic (exact) mass is 450 g/mol. The largest absolute Gasteiger partial charge is 0.382 e. The molecule has 0 aliphatic carbocycles. The summed E-state index contributed by atoms with van der Waals surface area (Å²) in [6, 6.07) is 13.6. The number of benzene rings is 2. The molecule has 3 heterocycles. The van der Waals surface area contributed by atoms with E-state index in [1.807, 2.05) is 13.0 Å². The summed E-state index contributed by atoms with van der Waals surface area (Å²) in [6.45, 7) is 2.04. The number of nitrogens with zero attached hydrogens (tertiary/aromatic N) is 4. The van der Waals surface area contributed by atoms with Crippen LogP contribution in [0.5, 0.6) is 0 Å². The van der Waals surface area contributed by atoms with Crippen LogP contribution in [0.4, 0.5) is 10.2 Å². The number of nitrogens with two attached hydrogens (primary N) is 1. The molecule has 7 nitrogen and oxygen atoms in total. The lowest BCUT2D eigenvalue weighted by Gasteiger charge is -2.14. The standard InChI is InChI=1S/C18H15ClFNO.C5H5N5/c1-2-5-14-10-12-6-3-9-16(20)17(12)18(22)21(14)15-8-4-7-13(19)11-15;6-4-3-5(9-1-7-3)10-2-8-4/h3-4,6-11H,2,5H2,1H3;1-2H,(H3,6,7,8,9,10). The number of nitrogen functional groups attached to an aromatic ring is 1. The van der Waals surface area contributed by atoms with Crippen LogP contribution in [0.3, 0.4) is 0 Å². The van der Waals surface area contributed by atoms with Gasteiger partial charge in [-0.05, 0) is 42.1 Å². The molecule has 0 spiro atoms. The van der Waals surface area contributed by atoms with Crippen molar-refractivity contribution in [2.24, 2.45) is 0 Å². The van der Waals surface area contributed by atoms with Gasteiger partial charge in [0.15, 0.2) is 11.5 Å². The molecular formula is C23H20ClFN6O. The summed E-state index contributed by atoms with van der Waals surface area (Å²) in [7, 11) is 0. The van der Waals surface area contributed by atoms with Gasteiger partial charge < -0.3 is 10.7 Å². The second kappa shape index (κ2) is 9.15. The van der Waals surface area contributed by atoms with E-state index < -0.39 is 5.82 Å². The number of H-pyrrole nitrogens is 1. The van der Waals surface area contributed by atoms with Gasteiger partial charge in [-0.15, -0.1) is 0 Å². The maximum absolute atomic E-state index is 14.1. The van der Waals surface area contributed by atoms with Crippen LogP contribution in [0.2, 0.25) is 5.02 Å². The SMILES string of the molecule is CCCc1cc2cccc(F)c2c(=O)n1-c1cccc(Cl)c1.Nc1ncnc2nc[nH]c12. The van der Waals surface area contributed by atoms with Gasteiger partial charge in [-0.2, -0.15) is 0 Å². The molecule has 0 saturated heterocycles. The molecule has 0 fully saturated rings. The summed E-state index contributed by atoms with van der Waals surface area (Å²) in [6.07, 6.45) is 4.54. The topological polar surface area (TPSA) is 102 Å². The number of aromatic nitrogens is 5. The fraction of sp³-hybridized carbons (Fsp3) is 0.130. The number of hydrogen-bond donors (Lipinski definition) is 2. The van der Waals surface area contributed by atoms with Crippen LogP contribution >= 0.6 is 11.6 Å². The summed E-state index contributed by atoms with van der Waals surface area (Å²) in [5.74, 6) is -0.0659. The van der Waals surface area contributed by atoms with Gasteiger partial charge in [0.05, 0.1) is 17.4 Å². The molecule has 0 bridgehead atoms. The smallest absolute Gasteiger partial charge is 0.266 e. The second-order valence-corrected chi connectivity index (χ2v) is 7.51. The molecule has 32 heavy (non-hydrogen) atoms. The Morgan fingerprint density at radius 2 is 1.94 bits per heavy atom. The van der Waals surface area contributed by atoms with E-state index in [9.17, 15) is 9.18 Å². The fourth-order valence-electron chi connectivity index (χ4n) is 3.50. The molecule has 0 unspecified atom stereocenters. The first-order valence-corrected chi connectivity index (χ1v) is 10.4. The molecule has 3 N–H and O–H groups in total. The number of fused-ring (bicyclic) bond motifs is 2. The van der Waals surface area contributed by atoms with Crippen molar-refractivity contribution >= 4 is 39.4 Å².